The van der Waals surface area contributed by atoms with Gasteiger partial charge in [-0.25, -0.2) is 9.97 Å². The number of nitrogens with zero attached hydrogens (tertiary/aromatic N) is 4. The topological polar surface area (TPSA) is 58.6 Å². The highest BCUT2D eigenvalue weighted by Gasteiger charge is 2.27. The van der Waals surface area contributed by atoms with Gasteiger partial charge in [-0.15, -0.1) is 0 Å². The zero-order valence-corrected chi connectivity index (χ0v) is 15.1. The Morgan fingerprint density at radius 3 is 2.88 bits per heavy atom. The standard InChI is InChI=1S/C20H24N4O2/c1-23-9-7-15(12-23)20-21-11-16-13-24(10-8-18(16)22-20)19(25)14-26-17-5-3-2-4-6-17/h2-6,11,15H,7-10,12-14H2,1H3. The minimum atomic E-state index is 0.000923. The molecule has 1 fully saturated rings. The average Bonchev–Trinajstić information content (AvgIpc) is 3.12. The number of fused-ring (bicyclic) bond motifs is 1. The van der Waals surface area contributed by atoms with E-state index in [1.807, 2.05) is 41.4 Å². The van der Waals surface area contributed by atoms with Crippen molar-refractivity contribution in [1.29, 1.82) is 0 Å². The quantitative estimate of drug-likeness (QED) is 0.841. The molecule has 2 aliphatic heterocycles. The lowest BCUT2D eigenvalue weighted by Crippen LogP contribution is -2.39. The molecule has 3 heterocycles. The fraction of sp³-hybridized carbons (Fsp3) is 0.450. The van der Waals surface area contributed by atoms with E-state index in [-0.39, 0.29) is 12.5 Å². The fourth-order valence-corrected chi connectivity index (χ4v) is 3.64. The van der Waals surface area contributed by atoms with Crippen molar-refractivity contribution in [3.8, 4) is 5.75 Å². The van der Waals surface area contributed by atoms with E-state index >= 15 is 0 Å². The zero-order valence-electron chi connectivity index (χ0n) is 15.1. The Hall–Kier alpha value is -2.47. The van der Waals surface area contributed by atoms with Crippen LogP contribution in [0.15, 0.2) is 36.5 Å². The second kappa shape index (κ2) is 7.41. The molecule has 0 saturated carbocycles. The van der Waals surface area contributed by atoms with Crippen LogP contribution in [0, 0.1) is 0 Å². The summed E-state index contributed by atoms with van der Waals surface area (Å²) in [6.45, 7) is 3.45. The second-order valence-electron chi connectivity index (χ2n) is 7.11. The summed E-state index contributed by atoms with van der Waals surface area (Å²) in [6.07, 6.45) is 3.81. The molecule has 1 aromatic carbocycles. The van der Waals surface area contributed by atoms with Crippen LogP contribution >= 0.6 is 0 Å². The van der Waals surface area contributed by atoms with Crippen LogP contribution in [0.2, 0.25) is 0 Å². The summed E-state index contributed by atoms with van der Waals surface area (Å²) in [7, 11) is 2.14. The van der Waals surface area contributed by atoms with Gasteiger partial charge in [0.05, 0.1) is 5.69 Å². The number of hydrogen-bond acceptors (Lipinski definition) is 5. The average molecular weight is 352 g/mol. The molecule has 0 spiro atoms. The van der Waals surface area contributed by atoms with E-state index in [0.717, 1.165) is 43.0 Å². The Balaban J connectivity index is 1.37. The zero-order chi connectivity index (χ0) is 17.9. The third-order valence-corrected chi connectivity index (χ3v) is 5.17. The molecule has 1 atom stereocenters. The van der Waals surface area contributed by atoms with Crippen LogP contribution < -0.4 is 4.74 Å². The lowest BCUT2D eigenvalue weighted by molar-refractivity contribution is -0.134. The SMILES string of the molecule is CN1CCC(c2ncc3c(n2)CCN(C(=O)COc2ccccc2)C3)C1. The molecule has 0 bridgehead atoms. The number of ether oxygens (including phenoxy) is 1. The second-order valence-corrected chi connectivity index (χ2v) is 7.11. The maximum Gasteiger partial charge on any atom is 0.260 e. The predicted octanol–water partition coefficient (Wildman–Crippen LogP) is 1.86. The number of para-hydroxylation sites is 1. The van der Waals surface area contributed by atoms with E-state index in [9.17, 15) is 4.79 Å². The minimum Gasteiger partial charge on any atom is -0.484 e. The number of likely N-dealkylation sites (tertiary alicyclic amines) is 1. The molecule has 0 N–H and O–H groups in total. The third kappa shape index (κ3) is 3.70. The number of carbonyl (C=O) groups excluding carboxylic acids is 1. The van der Waals surface area contributed by atoms with E-state index in [2.05, 4.69) is 16.9 Å². The van der Waals surface area contributed by atoms with Crippen molar-refractivity contribution in [2.24, 2.45) is 0 Å². The van der Waals surface area contributed by atoms with E-state index in [4.69, 9.17) is 9.72 Å². The van der Waals surface area contributed by atoms with Crippen LogP contribution in [0.3, 0.4) is 0 Å². The van der Waals surface area contributed by atoms with Gasteiger partial charge in [0, 0.05) is 43.7 Å². The summed E-state index contributed by atoms with van der Waals surface area (Å²) >= 11 is 0. The van der Waals surface area contributed by atoms with E-state index in [1.165, 1.54) is 0 Å². The number of carbonyl (C=O) groups is 1. The monoisotopic (exact) mass is 352 g/mol. The van der Waals surface area contributed by atoms with Crippen LogP contribution in [-0.2, 0) is 17.8 Å². The number of hydrogen-bond donors (Lipinski definition) is 0. The number of benzene rings is 1. The molecule has 2 aromatic rings. The molecule has 0 radical (unpaired) electrons. The van der Waals surface area contributed by atoms with Gasteiger partial charge in [0.1, 0.15) is 11.6 Å². The largest absolute Gasteiger partial charge is 0.484 e. The van der Waals surface area contributed by atoms with E-state index < -0.39 is 0 Å². The van der Waals surface area contributed by atoms with Gasteiger partial charge in [-0.1, -0.05) is 18.2 Å². The Morgan fingerprint density at radius 1 is 1.27 bits per heavy atom. The van der Waals surface area contributed by atoms with Crippen molar-refractivity contribution >= 4 is 5.91 Å². The number of aromatic nitrogens is 2. The van der Waals surface area contributed by atoms with Crippen LogP contribution in [-0.4, -0.2) is 59.0 Å². The van der Waals surface area contributed by atoms with Crippen molar-refractivity contribution < 1.29 is 9.53 Å². The summed E-state index contributed by atoms with van der Waals surface area (Å²) in [5.41, 5.74) is 2.15. The molecule has 6 heteroatoms. The summed E-state index contributed by atoms with van der Waals surface area (Å²) in [4.78, 5) is 26.0. The number of rotatable bonds is 4. The highest BCUT2D eigenvalue weighted by atomic mass is 16.5. The van der Waals surface area contributed by atoms with Gasteiger partial charge in [-0.05, 0) is 32.1 Å². The van der Waals surface area contributed by atoms with E-state index in [1.54, 1.807) is 0 Å². The molecular formula is C20H24N4O2. The maximum atomic E-state index is 12.4. The Labute approximate surface area is 153 Å². The van der Waals surface area contributed by atoms with Gasteiger partial charge in [-0.3, -0.25) is 4.79 Å². The van der Waals surface area contributed by atoms with Gasteiger partial charge in [0.15, 0.2) is 6.61 Å². The van der Waals surface area contributed by atoms with Gasteiger partial charge in [0.2, 0.25) is 0 Å². The number of amides is 1. The molecule has 0 aliphatic carbocycles. The summed E-state index contributed by atoms with van der Waals surface area (Å²) in [5, 5.41) is 0. The molecule has 26 heavy (non-hydrogen) atoms. The van der Waals surface area contributed by atoms with Crippen LogP contribution in [0.25, 0.3) is 0 Å². The smallest absolute Gasteiger partial charge is 0.260 e. The summed E-state index contributed by atoms with van der Waals surface area (Å²) in [5.74, 6) is 2.11. The molecule has 1 unspecified atom stereocenters. The molecule has 2 aliphatic rings. The highest BCUT2D eigenvalue weighted by Crippen LogP contribution is 2.25. The van der Waals surface area contributed by atoms with Crippen molar-refractivity contribution in [3.05, 3.63) is 53.6 Å². The first-order valence-electron chi connectivity index (χ1n) is 9.18. The summed E-state index contributed by atoms with van der Waals surface area (Å²) < 4.78 is 5.58. The fourth-order valence-electron chi connectivity index (χ4n) is 3.64. The first kappa shape index (κ1) is 17.0. The third-order valence-electron chi connectivity index (χ3n) is 5.17. The minimum absolute atomic E-state index is 0.000923. The van der Waals surface area contributed by atoms with Crippen LogP contribution in [0.5, 0.6) is 5.75 Å². The van der Waals surface area contributed by atoms with Crippen molar-refractivity contribution in [2.75, 3.05) is 33.3 Å². The lowest BCUT2D eigenvalue weighted by Gasteiger charge is -2.28. The van der Waals surface area contributed by atoms with Crippen molar-refractivity contribution in [2.45, 2.75) is 25.3 Å². The maximum absolute atomic E-state index is 12.4. The molecular weight excluding hydrogens is 328 g/mol. The van der Waals surface area contributed by atoms with Gasteiger partial charge >= 0.3 is 0 Å². The molecule has 1 amide bonds. The van der Waals surface area contributed by atoms with Crippen molar-refractivity contribution in [3.63, 3.8) is 0 Å². The van der Waals surface area contributed by atoms with Gasteiger partial charge < -0.3 is 14.5 Å². The summed E-state index contributed by atoms with van der Waals surface area (Å²) in [6, 6.07) is 9.43. The normalized spacial score (nSPS) is 20.0. The predicted molar refractivity (Wildman–Crippen MR) is 97.9 cm³/mol. The van der Waals surface area contributed by atoms with Gasteiger partial charge in [0.25, 0.3) is 5.91 Å². The molecule has 1 aromatic heterocycles. The molecule has 1 saturated heterocycles. The highest BCUT2D eigenvalue weighted by molar-refractivity contribution is 5.78. The first-order valence-corrected chi connectivity index (χ1v) is 9.18. The number of likely N-dealkylation sites (N-methyl/N-ethyl adjacent to an activating group) is 1. The Kier molecular flexibility index (Phi) is 4.84. The van der Waals surface area contributed by atoms with Crippen LogP contribution in [0.4, 0.5) is 0 Å². The Bertz CT molecular complexity index is 781. The van der Waals surface area contributed by atoms with Gasteiger partial charge in [-0.2, -0.15) is 0 Å². The first-order chi connectivity index (χ1) is 12.7. The molecule has 6 nitrogen and oxygen atoms in total. The lowest BCUT2D eigenvalue weighted by atomic mass is 10.0. The van der Waals surface area contributed by atoms with E-state index in [0.29, 0.717) is 24.8 Å². The Morgan fingerprint density at radius 2 is 2.12 bits per heavy atom. The molecule has 4 rings (SSSR count). The van der Waals surface area contributed by atoms with Crippen molar-refractivity contribution in [1.82, 2.24) is 19.8 Å². The molecule has 136 valence electrons. The van der Waals surface area contributed by atoms with Crippen LogP contribution in [0.1, 0.15) is 29.4 Å².